The molecule has 1 heterocycles. The summed E-state index contributed by atoms with van der Waals surface area (Å²) >= 11 is 1.38. The van der Waals surface area contributed by atoms with Crippen molar-refractivity contribution in [2.24, 2.45) is 0 Å². The van der Waals surface area contributed by atoms with Crippen LogP contribution in [0.25, 0.3) is 0 Å². The third kappa shape index (κ3) is 4.32. The minimum absolute atomic E-state index is 0.347. The lowest BCUT2D eigenvalue weighted by Crippen LogP contribution is -2.50. The van der Waals surface area contributed by atoms with Crippen LogP contribution in [0.3, 0.4) is 0 Å². The van der Waals surface area contributed by atoms with E-state index in [1.54, 1.807) is 0 Å². The predicted molar refractivity (Wildman–Crippen MR) is 88.3 cm³/mol. The monoisotopic (exact) mass is 334 g/mol. The molecule has 1 aromatic heterocycles. The van der Waals surface area contributed by atoms with Crippen molar-refractivity contribution in [1.82, 2.24) is 5.32 Å². The summed E-state index contributed by atoms with van der Waals surface area (Å²) in [4.78, 5) is 25.6. The highest BCUT2D eigenvalue weighted by Crippen LogP contribution is 2.27. The number of nitrogens with one attached hydrogen (secondary N) is 1. The van der Waals surface area contributed by atoms with Crippen LogP contribution in [0.1, 0.15) is 59.1 Å². The number of thiophene rings is 1. The second kappa shape index (κ2) is 7.60. The molecule has 1 amide bonds. The van der Waals surface area contributed by atoms with Crippen LogP contribution in [-0.2, 0) is 16.0 Å². The van der Waals surface area contributed by atoms with E-state index in [0.29, 0.717) is 17.7 Å². The third-order valence-electron chi connectivity index (χ3n) is 4.24. The number of aryl methyl sites for hydroxylation is 2. The van der Waals surface area contributed by atoms with Gasteiger partial charge in [0.2, 0.25) is 0 Å². The van der Waals surface area contributed by atoms with Crippen molar-refractivity contribution in [1.29, 1.82) is 5.26 Å². The lowest BCUT2D eigenvalue weighted by molar-refractivity contribution is -0.125. The first-order valence-corrected chi connectivity index (χ1v) is 8.80. The zero-order chi connectivity index (χ0) is 16.9. The van der Waals surface area contributed by atoms with E-state index < -0.39 is 17.4 Å². The molecule has 0 aliphatic heterocycles. The van der Waals surface area contributed by atoms with Crippen LogP contribution in [-0.4, -0.2) is 24.0 Å². The van der Waals surface area contributed by atoms with Crippen molar-refractivity contribution in [2.45, 2.75) is 57.9 Å². The Bertz CT molecular complexity index is 624. The van der Waals surface area contributed by atoms with E-state index >= 15 is 0 Å². The van der Waals surface area contributed by atoms with E-state index in [9.17, 15) is 14.9 Å². The van der Waals surface area contributed by atoms with Crippen LogP contribution in [0.2, 0.25) is 0 Å². The topological polar surface area (TPSA) is 79.2 Å². The number of rotatable bonds is 5. The molecule has 0 saturated heterocycles. The van der Waals surface area contributed by atoms with E-state index in [0.717, 1.165) is 36.1 Å². The maximum absolute atomic E-state index is 12.0. The van der Waals surface area contributed by atoms with Gasteiger partial charge in [-0.25, -0.2) is 4.79 Å². The fourth-order valence-corrected chi connectivity index (χ4v) is 3.90. The molecule has 0 atom stereocenters. The maximum Gasteiger partial charge on any atom is 0.348 e. The Morgan fingerprint density at radius 1 is 1.39 bits per heavy atom. The number of nitriles is 1. The van der Waals surface area contributed by atoms with Crippen LogP contribution in [0.5, 0.6) is 0 Å². The molecule has 0 radical (unpaired) electrons. The van der Waals surface area contributed by atoms with Gasteiger partial charge in [0.1, 0.15) is 10.4 Å². The SMILES string of the molecule is CCc1cc(C(=O)OCC(=O)NC2(C#N)CCCCC2)sc1C. The standard InChI is InChI=1S/C17H22N2O3S/c1-3-13-9-14(23-12(13)2)16(21)22-10-15(20)19-17(11-18)7-5-4-6-8-17/h9H,3-8,10H2,1-2H3,(H,19,20). The molecule has 0 aromatic carbocycles. The first kappa shape index (κ1) is 17.5. The minimum atomic E-state index is -0.795. The van der Waals surface area contributed by atoms with Crippen LogP contribution in [0.4, 0.5) is 0 Å². The van der Waals surface area contributed by atoms with E-state index in [1.807, 2.05) is 19.9 Å². The molecule has 0 bridgehead atoms. The van der Waals surface area contributed by atoms with Gasteiger partial charge in [0, 0.05) is 4.88 Å². The largest absolute Gasteiger partial charge is 0.451 e. The number of hydrogen-bond donors (Lipinski definition) is 1. The summed E-state index contributed by atoms with van der Waals surface area (Å²) in [6.45, 7) is 3.65. The van der Waals surface area contributed by atoms with Crippen molar-refractivity contribution in [3.63, 3.8) is 0 Å². The van der Waals surface area contributed by atoms with Crippen LogP contribution in [0, 0.1) is 18.3 Å². The zero-order valence-electron chi connectivity index (χ0n) is 13.6. The average Bonchev–Trinajstić information content (AvgIpc) is 2.94. The highest BCUT2D eigenvalue weighted by molar-refractivity contribution is 7.14. The fourth-order valence-electron chi connectivity index (χ4n) is 2.90. The molecule has 1 aliphatic carbocycles. The van der Waals surface area contributed by atoms with Gasteiger partial charge in [-0.1, -0.05) is 26.2 Å². The first-order valence-electron chi connectivity index (χ1n) is 7.98. The summed E-state index contributed by atoms with van der Waals surface area (Å²) in [6, 6.07) is 4.03. The quantitative estimate of drug-likeness (QED) is 0.839. The Balaban J connectivity index is 1.88. The normalized spacial score (nSPS) is 16.4. The second-order valence-electron chi connectivity index (χ2n) is 5.92. The summed E-state index contributed by atoms with van der Waals surface area (Å²) in [5, 5.41) is 12.1. The molecule has 0 spiro atoms. The molecule has 1 aliphatic rings. The second-order valence-corrected chi connectivity index (χ2v) is 7.18. The van der Waals surface area contributed by atoms with Crippen LogP contribution in [0.15, 0.2) is 6.07 Å². The van der Waals surface area contributed by atoms with E-state index in [-0.39, 0.29) is 6.61 Å². The maximum atomic E-state index is 12.0. The summed E-state index contributed by atoms with van der Waals surface area (Å²) < 4.78 is 5.08. The summed E-state index contributed by atoms with van der Waals surface area (Å²) in [7, 11) is 0. The zero-order valence-corrected chi connectivity index (χ0v) is 14.4. The van der Waals surface area contributed by atoms with E-state index in [4.69, 9.17) is 4.74 Å². The Labute approximate surface area is 140 Å². The molecule has 1 N–H and O–H groups in total. The number of esters is 1. The molecular weight excluding hydrogens is 312 g/mol. The van der Waals surface area contributed by atoms with Crippen molar-refractivity contribution in [2.75, 3.05) is 6.61 Å². The minimum Gasteiger partial charge on any atom is -0.451 e. The molecule has 6 heteroatoms. The van der Waals surface area contributed by atoms with E-state index in [2.05, 4.69) is 11.4 Å². The molecule has 2 rings (SSSR count). The molecule has 23 heavy (non-hydrogen) atoms. The smallest absolute Gasteiger partial charge is 0.348 e. The Morgan fingerprint density at radius 3 is 2.65 bits per heavy atom. The summed E-state index contributed by atoms with van der Waals surface area (Å²) in [5.74, 6) is -0.895. The number of amides is 1. The van der Waals surface area contributed by atoms with Gasteiger partial charge in [0.25, 0.3) is 5.91 Å². The summed E-state index contributed by atoms with van der Waals surface area (Å²) in [5.41, 5.74) is 0.327. The predicted octanol–water partition coefficient (Wildman–Crippen LogP) is 3.12. The number of carbonyl (C=O) groups excluding carboxylic acids is 2. The molecule has 1 saturated carbocycles. The van der Waals surface area contributed by atoms with Gasteiger partial charge in [-0.3, -0.25) is 4.79 Å². The Hall–Kier alpha value is -1.87. The fraction of sp³-hybridized carbons (Fsp3) is 0.588. The van der Waals surface area contributed by atoms with Crippen LogP contribution >= 0.6 is 11.3 Å². The average molecular weight is 334 g/mol. The van der Waals surface area contributed by atoms with Crippen molar-refractivity contribution < 1.29 is 14.3 Å². The first-order chi connectivity index (χ1) is 11.0. The van der Waals surface area contributed by atoms with Crippen molar-refractivity contribution in [3.05, 3.63) is 21.4 Å². The van der Waals surface area contributed by atoms with Crippen molar-refractivity contribution in [3.8, 4) is 6.07 Å². The number of carbonyl (C=O) groups is 2. The lowest BCUT2D eigenvalue weighted by atomic mass is 9.83. The molecule has 1 aromatic rings. The number of nitrogens with zero attached hydrogens (tertiary/aromatic N) is 1. The van der Waals surface area contributed by atoms with Gasteiger partial charge in [0.15, 0.2) is 6.61 Å². The highest BCUT2D eigenvalue weighted by Gasteiger charge is 2.33. The van der Waals surface area contributed by atoms with Gasteiger partial charge in [-0.15, -0.1) is 11.3 Å². The van der Waals surface area contributed by atoms with E-state index in [1.165, 1.54) is 11.3 Å². The Morgan fingerprint density at radius 2 is 2.09 bits per heavy atom. The lowest BCUT2D eigenvalue weighted by Gasteiger charge is -2.31. The number of ether oxygens (including phenoxy) is 1. The van der Waals surface area contributed by atoms with Gasteiger partial charge in [-0.2, -0.15) is 5.26 Å². The van der Waals surface area contributed by atoms with Gasteiger partial charge in [0.05, 0.1) is 6.07 Å². The Kier molecular flexibility index (Phi) is 5.78. The van der Waals surface area contributed by atoms with Gasteiger partial charge >= 0.3 is 5.97 Å². The van der Waals surface area contributed by atoms with Crippen LogP contribution < -0.4 is 5.32 Å². The summed E-state index contributed by atoms with van der Waals surface area (Å²) in [6.07, 6.45) is 5.14. The highest BCUT2D eigenvalue weighted by atomic mass is 32.1. The van der Waals surface area contributed by atoms with Crippen molar-refractivity contribution >= 4 is 23.2 Å². The molecule has 0 unspecified atom stereocenters. The van der Waals surface area contributed by atoms with Gasteiger partial charge in [-0.05, 0) is 37.8 Å². The number of hydrogen-bond acceptors (Lipinski definition) is 5. The molecular formula is C17H22N2O3S. The third-order valence-corrected chi connectivity index (χ3v) is 5.31. The molecule has 1 fully saturated rings. The van der Waals surface area contributed by atoms with Gasteiger partial charge < -0.3 is 10.1 Å². The molecule has 124 valence electrons. The molecule has 5 nitrogen and oxygen atoms in total.